The number of nitrogens with zero attached hydrogens (tertiary/aromatic N) is 1. The fourth-order valence-electron chi connectivity index (χ4n) is 3.17. The molecule has 0 spiro atoms. The number of piperazine rings is 1. The van der Waals surface area contributed by atoms with Crippen LogP contribution in [0.25, 0.3) is 0 Å². The van der Waals surface area contributed by atoms with Gasteiger partial charge in [-0.1, -0.05) is 33.3 Å². The van der Waals surface area contributed by atoms with Crippen LogP contribution in [-0.2, 0) is 6.54 Å². The van der Waals surface area contributed by atoms with E-state index in [-0.39, 0.29) is 5.82 Å². The van der Waals surface area contributed by atoms with Gasteiger partial charge in [0.1, 0.15) is 5.82 Å². The minimum atomic E-state index is -0.127. The molecule has 1 aliphatic rings. The maximum absolute atomic E-state index is 13.5. The van der Waals surface area contributed by atoms with Gasteiger partial charge in [0.25, 0.3) is 0 Å². The van der Waals surface area contributed by atoms with Crippen LogP contribution in [0.15, 0.2) is 18.2 Å². The Balaban J connectivity index is 2.13. The predicted molar refractivity (Wildman–Crippen MR) is 86.9 cm³/mol. The molecule has 1 N–H and O–H groups in total. The van der Waals surface area contributed by atoms with E-state index >= 15 is 0 Å². The van der Waals surface area contributed by atoms with Crippen LogP contribution >= 0.6 is 0 Å². The first-order chi connectivity index (χ1) is 10.0. The van der Waals surface area contributed by atoms with E-state index in [9.17, 15) is 4.39 Å². The lowest BCUT2D eigenvalue weighted by molar-refractivity contribution is 0.0994. The molecule has 0 saturated carbocycles. The standard InChI is InChI=1S/C18H29FN2/c1-5-6-17-10-20-18(13(2)3)12-21(17)11-15-9-16(19)8-7-14(15)4/h7-9,13,17-18,20H,5-6,10-12H2,1-4H3. The quantitative estimate of drug-likeness (QED) is 0.889. The lowest BCUT2D eigenvalue weighted by atomic mass is 9.96. The van der Waals surface area contributed by atoms with Crippen LogP contribution in [0.1, 0.15) is 44.7 Å². The van der Waals surface area contributed by atoms with Crippen LogP contribution in [0, 0.1) is 18.7 Å². The molecule has 3 heteroatoms. The van der Waals surface area contributed by atoms with Crippen molar-refractivity contribution in [2.45, 2.75) is 59.2 Å². The Bertz CT molecular complexity index is 459. The average molecular weight is 292 g/mol. The van der Waals surface area contributed by atoms with E-state index in [1.807, 2.05) is 6.07 Å². The molecule has 1 saturated heterocycles. The molecule has 1 aromatic carbocycles. The second kappa shape index (κ2) is 7.37. The molecule has 1 aliphatic heterocycles. The lowest BCUT2D eigenvalue weighted by Crippen LogP contribution is -2.57. The van der Waals surface area contributed by atoms with Crippen molar-refractivity contribution in [1.29, 1.82) is 0 Å². The number of hydrogen-bond acceptors (Lipinski definition) is 2. The number of rotatable bonds is 5. The third-order valence-electron chi connectivity index (χ3n) is 4.67. The van der Waals surface area contributed by atoms with Gasteiger partial charge in [0.05, 0.1) is 0 Å². The second-order valence-electron chi connectivity index (χ2n) is 6.70. The van der Waals surface area contributed by atoms with Crippen LogP contribution in [-0.4, -0.2) is 30.1 Å². The van der Waals surface area contributed by atoms with E-state index < -0.39 is 0 Å². The summed E-state index contributed by atoms with van der Waals surface area (Å²) < 4.78 is 13.5. The smallest absolute Gasteiger partial charge is 0.123 e. The van der Waals surface area contributed by atoms with Gasteiger partial charge < -0.3 is 5.32 Å². The normalized spacial score (nSPS) is 23.7. The molecule has 2 rings (SSSR count). The van der Waals surface area contributed by atoms with Crippen molar-refractivity contribution in [2.24, 2.45) is 5.92 Å². The van der Waals surface area contributed by atoms with Crippen LogP contribution < -0.4 is 5.32 Å². The van der Waals surface area contributed by atoms with Crippen LogP contribution in [0.3, 0.4) is 0 Å². The Labute approximate surface area is 128 Å². The van der Waals surface area contributed by atoms with Crippen molar-refractivity contribution >= 4 is 0 Å². The number of halogens is 1. The SMILES string of the molecule is CCCC1CNC(C(C)C)CN1Cc1cc(F)ccc1C. The van der Waals surface area contributed by atoms with E-state index in [2.05, 4.69) is 37.9 Å². The number of hydrogen-bond donors (Lipinski definition) is 1. The molecule has 0 bridgehead atoms. The zero-order valence-electron chi connectivity index (χ0n) is 13.8. The third kappa shape index (κ3) is 4.27. The highest BCUT2D eigenvalue weighted by Crippen LogP contribution is 2.21. The van der Waals surface area contributed by atoms with Crippen molar-refractivity contribution in [3.05, 3.63) is 35.1 Å². The maximum Gasteiger partial charge on any atom is 0.123 e. The van der Waals surface area contributed by atoms with Gasteiger partial charge in [0.15, 0.2) is 0 Å². The highest BCUT2D eigenvalue weighted by molar-refractivity contribution is 5.26. The molecule has 118 valence electrons. The fourth-order valence-corrected chi connectivity index (χ4v) is 3.17. The van der Waals surface area contributed by atoms with Gasteiger partial charge in [-0.3, -0.25) is 4.90 Å². The summed E-state index contributed by atoms with van der Waals surface area (Å²) >= 11 is 0. The van der Waals surface area contributed by atoms with Gasteiger partial charge in [-0.2, -0.15) is 0 Å². The summed E-state index contributed by atoms with van der Waals surface area (Å²) in [6.45, 7) is 11.8. The molecule has 1 aromatic rings. The lowest BCUT2D eigenvalue weighted by Gasteiger charge is -2.42. The summed E-state index contributed by atoms with van der Waals surface area (Å²) in [5.74, 6) is 0.502. The van der Waals surface area contributed by atoms with Crippen molar-refractivity contribution in [2.75, 3.05) is 13.1 Å². The van der Waals surface area contributed by atoms with Gasteiger partial charge in [-0.15, -0.1) is 0 Å². The molecule has 0 aromatic heterocycles. The summed E-state index contributed by atoms with van der Waals surface area (Å²) in [4.78, 5) is 2.55. The highest BCUT2D eigenvalue weighted by Gasteiger charge is 2.28. The maximum atomic E-state index is 13.5. The van der Waals surface area contributed by atoms with Crippen LogP contribution in [0.2, 0.25) is 0 Å². The highest BCUT2D eigenvalue weighted by atomic mass is 19.1. The Morgan fingerprint density at radius 1 is 1.38 bits per heavy atom. The van der Waals surface area contributed by atoms with Crippen molar-refractivity contribution in [3.8, 4) is 0 Å². The molecule has 2 nitrogen and oxygen atoms in total. The topological polar surface area (TPSA) is 15.3 Å². The van der Waals surface area contributed by atoms with Gasteiger partial charge in [-0.25, -0.2) is 4.39 Å². The molecule has 1 fully saturated rings. The molecule has 0 amide bonds. The molecule has 2 atom stereocenters. The van der Waals surface area contributed by atoms with Gasteiger partial charge >= 0.3 is 0 Å². The predicted octanol–water partition coefficient (Wildman–Crippen LogP) is 3.73. The zero-order chi connectivity index (χ0) is 15.4. The molecule has 0 aliphatic carbocycles. The van der Waals surface area contributed by atoms with E-state index in [0.29, 0.717) is 18.0 Å². The minimum absolute atomic E-state index is 0.127. The van der Waals surface area contributed by atoms with Crippen molar-refractivity contribution in [3.63, 3.8) is 0 Å². The number of benzene rings is 1. The molecule has 21 heavy (non-hydrogen) atoms. The van der Waals surface area contributed by atoms with E-state index in [4.69, 9.17) is 0 Å². The summed E-state index contributed by atoms with van der Waals surface area (Å²) in [5.41, 5.74) is 2.31. The molecular formula is C18H29FN2. The second-order valence-corrected chi connectivity index (χ2v) is 6.70. The Morgan fingerprint density at radius 2 is 2.14 bits per heavy atom. The molecule has 0 radical (unpaired) electrons. The van der Waals surface area contributed by atoms with Crippen molar-refractivity contribution in [1.82, 2.24) is 10.2 Å². The minimum Gasteiger partial charge on any atom is -0.311 e. The largest absolute Gasteiger partial charge is 0.311 e. The summed E-state index contributed by atoms with van der Waals surface area (Å²) in [6.07, 6.45) is 2.39. The van der Waals surface area contributed by atoms with Crippen LogP contribution in [0.5, 0.6) is 0 Å². The first-order valence-corrected chi connectivity index (χ1v) is 8.23. The number of nitrogens with one attached hydrogen (secondary N) is 1. The average Bonchev–Trinajstić information content (AvgIpc) is 2.44. The van der Waals surface area contributed by atoms with Crippen molar-refractivity contribution < 1.29 is 4.39 Å². The summed E-state index contributed by atoms with van der Waals surface area (Å²) in [5, 5.41) is 3.68. The monoisotopic (exact) mass is 292 g/mol. The fraction of sp³-hybridized carbons (Fsp3) is 0.667. The Kier molecular flexibility index (Phi) is 5.77. The molecule has 2 unspecified atom stereocenters. The summed E-state index contributed by atoms with van der Waals surface area (Å²) in [7, 11) is 0. The van der Waals surface area contributed by atoms with Gasteiger partial charge in [0, 0.05) is 31.7 Å². The van der Waals surface area contributed by atoms with Gasteiger partial charge in [0.2, 0.25) is 0 Å². The number of aryl methyl sites for hydroxylation is 1. The Hall–Kier alpha value is -0.930. The molecular weight excluding hydrogens is 263 g/mol. The van der Waals surface area contributed by atoms with Crippen LogP contribution in [0.4, 0.5) is 4.39 Å². The Morgan fingerprint density at radius 3 is 2.81 bits per heavy atom. The first kappa shape index (κ1) is 16.4. The molecule has 1 heterocycles. The first-order valence-electron chi connectivity index (χ1n) is 8.23. The van der Waals surface area contributed by atoms with E-state index in [1.54, 1.807) is 12.1 Å². The third-order valence-corrected chi connectivity index (χ3v) is 4.67. The summed E-state index contributed by atoms with van der Waals surface area (Å²) in [6, 6.07) is 6.24. The zero-order valence-corrected chi connectivity index (χ0v) is 13.8. The van der Waals surface area contributed by atoms with Gasteiger partial charge in [-0.05, 0) is 42.5 Å². The van der Waals surface area contributed by atoms with E-state index in [0.717, 1.165) is 25.2 Å². The van der Waals surface area contributed by atoms with E-state index in [1.165, 1.54) is 18.4 Å².